The van der Waals surface area contributed by atoms with E-state index in [1.54, 1.807) is 0 Å². The Bertz CT molecular complexity index is 938. The number of ether oxygens (including phenoxy) is 3. The zero-order valence-corrected chi connectivity index (χ0v) is 18.2. The number of aliphatic hydroxyl groups excluding tert-OH is 4. The third-order valence-electron chi connectivity index (χ3n) is 5.05. The van der Waals surface area contributed by atoms with Crippen LogP contribution in [0.1, 0.15) is 18.9 Å². The fourth-order valence-corrected chi connectivity index (χ4v) is 3.46. The summed E-state index contributed by atoms with van der Waals surface area (Å²) in [7, 11) is 1.27. The molecule has 1 aromatic rings. The molecule has 188 valence electrons. The van der Waals surface area contributed by atoms with Crippen LogP contribution in [0.4, 0.5) is 0 Å². The maximum absolute atomic E-state index is 12.2. The van der Waals surface area contributed by atoms with Crippen LogP contribution in [0.3, 0.4) is 0 Å². The highest BCUT2D eigenvalue weighted by Crippen LogP contribution is 2.36. The molecule has 0 spiro atoms. The molecule has 2 rings (SSSR count). The number of carboxylic acids is 1. The summed E-state index contributed by atoms with van der Waals surface area (Å²) in [5.74, 6) is -4.94. The second-order valence-corrected chi connectivity index (χ2v) is 7.49. The Morgan fingerprint density at radius 3 is 2.62 bits per heavy atom. The summed E-state index contributed by atoms with van der Waals surface area (Å²) >= 11 is 0. The lowest BCUT2D eigenvalue weighted by Crippen LogP contribution is -2.68. The molecule has 0 bridgehead atoms. The molecular formula is C20H26N2O12. The third kappa shape index (κ3) is 6.18. The van der Waals surface area contributed by atoms with Gasteiger partial charge in [-0.2, -0.15) is 0 Å². The summed E-state index contributed by atoms with van der Waals surface area (Å²) in [6.45, 7) is 0.205. The Balaban J connectivity index is 2.45. The van der Waals surface area contributed by atoms with Crippen molar-refractivity contribution in [3.8, 4) is 11.5 Å². The number of aliphatic carboxylic acids is 1. The van der Waals surface area contributed by atoms with Gasteiger partial charge in [-0.15, -0.1) is 0 Å². The van der Waals surface area contributed by atoms with Crippen LogP contribution < -0.4 is 14.8 Å². The lowest BCUT2D eigenvalue weighted by Gasteiger charge is -2.46. The van der Waals surface area contributed by atoms with Gasteiger partial charge in [-0.3, -0.25) is 14.9 Å². The number of nitrogens with one attached hydrogen (secondary N) is 1. The normalized spacial score (nSPS) is 26.5. The highest BCUT2D eigenvalue weighted by molar-refractivity contribution is 5.77. The second kappa shape index (κ2) is 11.2. The summed E-state index contributed by atoms with van der Waals surface area (Å²) in [5, 5.41) is 62.9. The molecular weight excluding hydrogens is 460 g/mol. The van der Waals surface area contributed by atoms with Crippen LogP contribution in [0.5, 0.6) is 11.5 Å². The molecule has 0 unspecified atom stereocenters. The van der Waals surface area contributed by atoms with E-state index >= 15 is 0 Å². The summed E-state index contributed by atoms with van der Waals surface area (Å²) in [4.78, 5) is 33.7. The predicted molar refractivity (Wildman–Crippen MR) is 112 cm³/mol. The number of methoxy groups -OCH3 is 1. The fraction of sp³-hybridized carbons (Fsp3) is 0.500. The average Bonchev–Trinajstić information content (AvgIpc) is 2.78. The van der Waals surface area contributed by atoms with Gasteiger partial charge in [0.15, 0.2) is 0 Å². The minimum atomic E-state index is -2.58. The Morgan fingerprint density at radius 1 is 1.41 bits per heavy atom. The molecule has 0 saturated carbocycles. The van der Waals surface area contributed by atoms with E-state index in [4.69, 9.17) is 14.2 Å². The van der Waals surface area contributed by atoms with Gasteiger partial charge in [-0.1, -0.05) is 0 Å². The molecule has 6 atom stereocenters. The first-order chi connectivity index (χ1) is 15.9. The number of carbonyl (C=O) groups excluding carboxylic acids is 1. The topological polar surface area (TPSA) is 218 Å². The molecule has 34 heavy (non-hydrogen) atoms. The maximum atomic E-state index is 12.2. The van der Waals surface area contributed by atoms with E-state index in [0.717, 1.165) is 13.0 Å². The van der Waals surface area contributed by atoms with Crippen LogP contribution >= 0.6 is 0 Å². The monoisotopic (exact) mass is 486 g/mol. The molecule has 0 aromatic heterocycles. The minimum absolute atomic E-state index is 0.0934. The van der Waals surface area contributed by atoms with Crippen molar-refractivity contribution in [2.45, 2.75) is 49.6 Å². The van der Waals surface area contributed by atoms with Gasteiger partial charge in [0, 0.05) is 24.6 Å². The Kier molecular flexibility index (Phi) is 8.89. The Hall–Kier alpha value is -3.30. The van der Waals surface area contributed by atoms with Gasteiger partial charge in [0.1, 0.15) is 29.8 Å². The van der Waals surface area contributed by atoms with Crippen molar-refractivity contribution in [1.82, 2.24) is 5.32 Å². The van der Waals surface area contributed by atoms with Gasteiger partial charge in [-0.05, 0) is 12.1 Å². The van der Waals surface area contributed by atoms with Crippen LogP contribution in [0, 0.1) is 10.1 Å². The first-order valence-corrected chi connectivity index (χ1v) is 9.96. The van der Waals surface area contributed by atoms with Crippen molar-refractivity contribution < 1.29 is 54.3 Å². The largest absolute Gasteiger partial charge is 0.496 e. The van der Waals surface area contributed by atoms with Gasteiger partial charge in [0.05, 0.1) is 37.2 Å². The molecule has 1 heterocycles. The summed E-state index contributed by atoms with van der Waals surface area (Å²) < 4.78 is 16.2. The zero-order chi connectivity index (χ0) is 25.6. The number of aliphatic hydroxyl groups is 4. The standard InChI is InChI=1S/C20H26N2O12/c1-10(24)21-16-13(25)8-20(19(28)29,34-18(16)17(27)14(26)9-23)33-12-4-3-11(5-6-22(30)31)15(7-12)32-2/h3-7,13-14,16-18,23,25-27H,8-9H2,1-2H3,(H,21,24)(H,28,29)/t13-,14+,16+,17+,18+,20-/m0/s1. The van der Waals surface area contributed by atoms with Crippen molar-refractivity contribution in [1.29, 1.82) is 0 Å². The molecule has 1 amide bonds. The first-order valence-electron chi connectivity index (χ1n) is 9.96. The summed E-state index contributed by atoms with van der Waals surface area (Å²) in [6, 6.07) is 2.52. The lowest BCUT2D eigenvalue weighted by atomic mass is 9.88. The molecule has 14 nitrogen and oxygen atoms in total. The predicted octanol–water partition coefficient (Wildman–Crippen LogP) is -1.53. The average molecular weight is 486 g/mol. The second-order valence-electron chi connectivity index (χ2n) is 7.49. The van der Waals surface area contributed by atoms with Crippen LogP contribution in [-0.2, 0) is 14.3 Å². The van der Waals surface area contributed by atoms with Crippen molar-refractivity contribution >= 4 is 18.0 Å². The van der Waals surface area contributed by atoms with Gasteiger partial charge in [-0.25, -0.2) is 4.79 Å². The quantitative estimate of drug-likeness (QED) is 0.164. The number of rotatable bonds is 10. The summed E-state index contributed by atoms with van der Waals surface area (Å²) in [5.41, 5.74) is 0.283. The number of carboxylic acid groups (broad SMARTS) is 1. The molecule has 1 fully saturated rings. The smallest absolute Gasteiger partial charge is 0.377 e. The van der Waals surface area contributed by atoms with Crippen LogP contribution in [-0.4, -0.2) is 92.3 Å². The number of amides is 1. The van der Waals surface area contributed by atoms with E-state index in [2.05, 4.69) is 5.32 Å². The van der Waals surface area contributed by atoms with Crippen molar-refractivity contribution in [3.05, 3.63) is 40.1 Å². The maximum Gasteiger partial charge on any atom is 0.377 e. The van der Waals surface area contributed by atoms with Crippen molar-refractivity contribution in [2.75, 3.05) is 13.7 Å². The van der Waals surface area contributed by atoms with Crippen molar-refractivity contribution in [3.63, 3.8) is 0 Å². The van der Waals surface area contributed by atoms with E-state index in [1.165, 1.54) is 25.3 Å². The number of carbonyl (C=O) groups is 2. The molecule has 0 aliphatic carbocycles. The highest BCUT2D eigenvalue weighted by atomic mass is 16.7. The van der Waals surface area contributed by atoms with E-state index in [0.29, 0.717) is 6.20 Å². The molecule has 0 radical (unpaired) electrons. The van der Waals surface area contributed by atoms with E-state index in [1.807, 2.05) is 0 Å². The Morgan fingerprint density at radius 2 is 2.09 bits per heavy atom. The third-order valence-corrected chi connectivity index (χ3v) is 5.05. The van der Waals surface area contributed by atoms with Crippen LogP contribution in [0.2, 0.25) is 0 Å². The SMILES string of the molecule is COc1cc(O[C@@]2(C(=O)O)C[C@H](O)[C@@H](NC(C)=O)[C@H]([C@H](O)[C@H](O)CO)O2)ccc1C=C[N+](=O)[O-]. The molecule has 14 heteroatoms. The molecule has 6 N–H and O–H groups in total. The van der Waals surface area contributed by atoms with Gasteiger partial charge < -0.3 is 45.1 Å². The van der Waals surface area contributed by atoms with Crippen molar-refractivity contribution in [2.24, 2.45) is 0 Å². The van der Waals surface area contributed by atoms with E-state index < -0.39 is 66.1 Å². The van der Waals surface area contributed by atoms with Crippen LogP contribution in [0.15, 0.2) is 24.4 Å². The zero-order valence-electron chi connectivity index (χ0n) is 18.2. The number of nitro groups is 1. The number of hydrogen-bond acceptors (Lipinski definition) is 11. The van der Waals surface area contributed by atoms with Gasteiger partial charge in [0.25, 0.3) is 0 Å². The molecule has 1 aliphatic rings. The highest BCUT2D eigenvalue weighted by Gasteiger charge is 2.56. The van der Waals surface area contributed by atoms with Gasteiger partial charge >= 0.3 is 11.8 Å². The Labute approximate surface area is 193 Å². The molecule has 1 saturated heterocycles. The van der Waals surface area contributed by atoms with Crippen LogP contribution in [0.25, 0.3) is 6.08 Å². The number of hydrogen-bond donors (Lipinski definition) is 6. The fourth-order valence-electron chi connectivity index (χ4n) is 3.46. The number of benzene rings is 1. The first kappa shape index (κ1) is 26.9. The molecule has 1 aromatic carbocycles. The summed E-state index contributed by atoms with van der Waals surface area (Å²) in [6.07, 6.45) is -5.88. The molecule has 1 aliphatic heterocycles. The van der Waals surface area contributed by atoms with Gasteiger partial charge in [0.2, 0.25) is 12.1 Å². The lowest BCUT2D eigenvalue weighted by molar-refractivity contribution is -0.400. The van der Waals surface area contributed by atoms with E-state index in [9.17, 15) is 45.2 Å². The van der Waals surface area contributed by atoms with E-state index in [-0.39, 0.29) is 17.1 Å². The number of nitrogens with zero attached hydrogens (tertiary/aromatic N) is 1. The minimum Gasteiger partial charge on any atom is -0.496 e.